The summed E-state index contributed by atoms with van der Waals surface area (Å²) in [7, 11) is 0. The van der Waals surface area contributed by atoms with Crippen molar-refractivity contribution in [3.63, 3.8) is 0 Å². The highest BCUT2D eigenvalue weighted by atomic mass is 35.5. The number of nitrogens with zero attached hydrogens (tertiary/aromatic N) is 3. The quantitative estimate of drug-likeness (QED) is 0.796. The summed E-state index contributed by atoms with van der Waals surface area (Å²) in [6.45, 7) is 5.95. The molecule has 2 rings (SSSR count). The predicted octanol–water partition coefficient (Wildman–Crippen LogP) is 1.40. The van der Waals surface area contributed by atoms with E-state index in [0.29, 0.717) is 18.2 Å². The zero-order chi connectivity index (χ0) is 11.8. The van der Waals surface area contributed by atoms with Gasteiger partial charge in [0.25, 0.3) is 0 Å². The minimum Gasteiger partial charge on any atom is -0.389 e. The zero-order valence-corrected chi connectivity index (χ0v) is 10.3. The number of β-amino-alcohol motifs (C(OH)–C–C–N with tert-alkyl or cyclic N) is 1. The third kappa shape index (κ3) is 2.90. The Bertz CT molecular complexity index is 375. The molecule has 1 aromatic rings. The van der Waals surface area contributed by atoms with Crippen molar-refractivity contribution in [3.05, 3.63) is 22.7 Å². The molecule has 4 nitrogen and oxygen atoms in total. The molecule has 0 saturated carbocycles. The number of aliphatic hydroxyl groups is 1. The van der Waals surface area contributed by atoms with Gasteiger partial charge in [-0.3, -0.25) is 4.90 Å². The maximum atomic E-state index is 9.84. The molecule has 0 aromatic carbocycles. The molecule has 0 amide bonds. The molecule has 5 heteroatoms. The van der Waals surface area contributed by atoms with E-state index < -0.39 is 5.60 Å². The summed E-state index contributed by atoms with van der Waals surface area (Å²) in [5, 5.41) is 10.3. The van der Waals surface area contributed by atoms with Crippen LogP contribution in [0.5, 0.6) is 0 Å². The topological polar surface area (TPSA) is 49.2 Å². The van der Waals surface area contributed by atoms with Gasteiger partial charge in [0, 0.05) is 18.8 Å². The number of likely N-dealkylation sites (tertiary alicyclic amines) is 1. The average Bonchev–Trinajstić information content (AvgIpc) is 2.43. The maximum Gasteiger partial charge on any atom is 0.144 e. The van der Waals surface area contributed by atoms with Gasteiger partial charge in [0.2, 0.25) is 0 Å². The lowest BCUT2D eigenvalue weighted by atomic mass is 10.1. The highest BCUT2D eigenvalue weighted by Crippen LogP contribution is 2.21. The van der Waals surface area contributed by atoms with E-state index in [1.165, 1.54) is 0 Å². The van der Waals surface area contributed by atoms with Crippen LogP contribution in [0.3, 0.4) is 0 Å². The average molecular weight is 242 g/mol. The number of halogens is 1. The Hall–Kier alpha value is -0.710. The molecule has 0 bridgehead atoms. The van der Waals surface area contributed by atoms with Crippen molar-refractivity contribution in [3.8, 4) is 0 Å². The first-order valence-electron chi connectivity index (χ1n) is 5.39. The maximum absolute atomic E-state index is 9.84. The van der Waals surface area contributed by atoms with Gasteiger partial charge in [-0.05, 0) is 26.3 Å². The molecule has 1 fully saturated rings. The Morgan fingerprint density at radius 3 is 2.88 bits per heavy atom. The van der Waals surface area contributed by atoms with Crippen LogP contribution in [0, 0.1) is 6.92 Å². The Balaban J connectivity index is 2.05. The molecule has 1 N–H and O–H groups in total. The van der Waals surface area contributed by atoms with Gasteiger partial charge >= 0.3 is 0 Å². The number of aryl methyl sites for hydroxylation is 1. The first kappa shape index (κ1) is 11.8. The first-order chi connectivity index (χ1) is 7.44. The van der Waals surface area contributed by atoms with E-state index in [1.807, 2.05) is 13.8 Å². The lowest BCUT2D eigenvalue weighted by molar-refractivity contribution is 0.0676. The second kappa shape index (κ2) is 4.28. The van der Waals surface area contributed by atoms with Crippen molar-refractivity contribution in [2.75, 3.05) is 13.1 Å². The van der Waals surface area contributed by atoms with Crippen LogP contribution in [0.2, 0.25) is 5.15 Å². The molecule has 1 aliphatic heterocycles. The van der Waals surface area contributed by atoms with Crippen LogP contribution in [0.15, 0.2) is 6.07 Å². The Labute approximate surface area is 100 Å². The lowest BCUT2D eigenvalue weighted by Crippen LogP contribution is -2.29. The van der Waals surface area contributed by atoms with E-state index in [1.54, 1.807) is 6.07 Å². The highest BCUT2D eigenvalue weighted by Gasteiger charge is 2.31. The van der Waals surface area contributed by atoms with Crippen LogP contribution in [-0.2, 0) is 6.54 Å². The van der Waals surface area contributed by atoms with Crippen LogP contribution in [0.1, 0.15) is 24.9 Å². The summed E-state index contributed by atoms with van der Waals surface area (Å²) in [4.78, 5) is 10.6. The number of rotatable bonds is 2. The fourth-order valence-corrected chi connectivity index (χ4v) is 2.29. The van der Waals surface area contributed by atoms with E-state index in [0.717, 1.165) is 24.5 Å². The van der Waals surface area contributed by atoms with Gasteiger partial charge in [0.05, 0.1) is 12.1 Å². The Morgan fingerprint density at radius 1 is 1.56 bits per heavy atom. The van der Waals surface area contributed by atoms with Crippen molar-refractivity contribution >= 4 is 11.6 Å². The molecular weight excluding hydrogens is 226 g/mol. The molecular formula is C11H16ClN3O. The van der Waals surface area contributed by atoms with Crippen molar-refractivity contribution < 1.29 is 5.11 Å². The molecule has 0 radical (unpaired) electrons. The first-order valence-corrected chi connectivity index (χ1v) is 5.77. The summed E-state index contributed by atoms with van der Waals surface area (Å²) < 4.78 is 0. The van der Waals surface area contributed by atoms with E-state index >= 15 is 0 Å². The van der Waals surface area contributed by atoms with Crippen molar-refractivity contribution in [2.24, 2.45) is 0 Å². The van der Waals surface area contributed by atoms with Crippen LogP contribution >= 0.6 is 11.6 Å². The normalized spacial score (nSPS) is 26.2. The lowest BCUT2D eigenvalue weighted by Gasteiger charge is -2.18. The fraction of sp³-hybridized carbons (Fsp3) is 0.636. The van der Waals surface area contributed by atoms with E-state index in [-0.39, 0.29) is 0 Å². The molecule has 1 aliphatic rings. The summed E-state index contributed by atoms with van der Waals surface area (Å²) in [5.74, 6) is 0.725. The molecule has 0 aliphatic carbocycles. The Kier molecular flexibility index (Phi) is 3.15. The van der Waals surface area contributed by atoms with Gasteiger partial charge in [-0.1, -0.05) is 11.6 Å². The fourth-order valence-electron chi connectivity index (χ4n) is 2.03. The molecule has 0 spiro atoms. The van der Waals surface area contributed by atoms with Crippen molar-refractivity contribution in [1.29, 1.82) is 0 Å². The van der Waals surface area contributed by atoms with Gasteiger partial charge < -0.3 is 5.11 Å². The SMILES string of the molecule is Cc1cc(Cl)nc(CN2CCC(C)(O)C2)n1. The second-order valence-corrected chi connectivity index (χ2v) is 5.09. The largest absolute Gasteiger partial charge is 0.389 e. The van der Waals surface area contributed by atoms with Gasteiger partial charge in [-0.25, -0.2) is 9.97 Å². The van der Waals surface area contributed by atoms with Gasteiger partial charge in [0.1, 0.15) is 11.0 Å². The summed E-state index contributed by atoms with van der Waals surface area (Å²) in [6.07, 6.45) is 0.798. The number of hydrogen-bond donors (Lipinski definition) is 1. The third-order valence-corrected chi connectivity index (χ3v) is 2.96. The van der Waals surface area contributed by atoms with Gasteiger partial charge in [0.15, 0.2) is 0 Å². The van der Waals surface area contributed by atoms with Crippen LogP contribution in [0.4, 0.5) is 0 Å². The molecule has 1 atom stereocenters. The molecule has 1 unspecified atom stereocenters. The van der Waals surface area contributed by atoms with Gasteiger partial charge in [-0.2, -0.15) is 0 Å². The molecule has 88 valence electrons. The number of hydrogen-bond acceptors (Lipinski definition) is 4. The highest BCUT2D eigenvalue weighted by molar-refractivity contribution is 6.29. The number of aromatic nitrogens is 2. The molecule has 1 aromatic heterocycles. The van der Waals surface area contributed by atoms with Crippen LogP contribution in [-0.4, -0.2) is 38.7 Å². The predicted molar refractivity (Wildman–Crippen MR) is 62.3 cm³/mol. The monoisotopic (exact) mass is 241 g/mol. The van der Waals surface area contributed by atoms with Crippen molar-refractivity contribution in [1.82, 2.24) is 14.9 Å². The van der Waals surface area contributed by atoms with E-state index in [2.05, 4.69) is 14.9 Å². The second-order valence-electron chi connectivity index (χ2n) is 4.71. The molecule has 1 saturated heterocycles. The third-order valence-electron chi connectivity index (χ3n) is 2.77. The minimum atomic E-state index is -0.576. The van der Waals surface area contributed by atoms with Gasteiger partial charge in [-0.15, -0.1) is 0 Å². The smallest absolute Gasteiger partial charge is 0.144 e. The standard InChI is InChI=1S/C11H16ClN3O/c1-8-5-9(12)14-10(13-8)6-15-4-3-11(2,16)7-15/h5,16H,3-4,6-7H2,1-2H3. The summed E-state index contributed by atoms with van der Waals surface area (Å²) >= 11 is 5.87. The molecule has 16 heavy (non-hydrogen) atoms. The molecule has 2 heterocycles. The zero-order valence-electron chi connectivity index (χ0n) is 9.57. The van der Waals surface area contributed by atoms with Crippen LogP contribution < -0.4 is 0 Å². The Morgan fingerprint density at radius 2 is 2.31 bits per heavy atom. The van der Waals surface area contributed by atoms with E-state index in [4.69, 9.17) is 11.6 Å². The van der Waals surface area contributed by atoms with Crippen LogP contribution in [0.25, 0.3) is 0 Å². The van der Waals surface area contributed by atoms with Crippen molar-refractivity contribution in [2.45, 2.75) is 32.4 Å². The minimum absolute atomic E-state index is 0.480. The summed E-state index contributed by atoms with van der Waals surface area (Å²) in [6, 6.07) is 1.74. The van der Waals surface area contributed by atoms with E-state index in [9.17, 15) is 5.11 Å². The summed E-state index contributed by atoms with van der Waals surface area (Å²) in [5.41, 5.74) is 0.300.